The van der Waals surface area contributed by atoms with Crippen molar-refractivity contribution in [3.8, 4) is 0 Å². The molecular weight excluding hydrogens is 312 g/mol. The summed E-state index contributed by atoms with van der Waals surface area (Å²) in [4.78, 5) is 19.4. The number of nitrogens with one attached hydrogen (secondary N) is 1. The summed E-state index contributed by atoms with van der Waals surface area (Å²) in [6, 6.07) is 8.56. The van der Waals surface area contributed by atoms with Crippen LogP contribution >= 0.6 is 0 Å². The molecule has 4 heteroatoms. The van der Waals surface area contributed by atoms with Crippen LogP contribution in [0.15, 0.2) is 35.9 Å². The number of nitrogens with zero attached hydrogens (tertiary/aromatic N) is 1. The Hall–Kier alpha value is -2.07. The predicted octanol–water partition coefficient (Wildman–Crippen LogP) is 3.18. The van der Waals surface area contributed by atoms with Crippen LogP contribution in [-0.2, 0) is 21.4 Å². The normalized spacial score (nSPS) is 32.9. The number of esters is 1. The molecule has 0 unspecified atom stereocenters. The summed E-state index contributed by atoms with van der Waals surface area (Å²) in [5.41, 5.74) is 4.36. The minimum atomic E-state index is -0.595. The maximum Gasteiger partial charge on any atom is 0.319 e. The monoisotopic (exact) mass is 336 g/mol. The number of H-pyrrole nitrogens is 1. The lowest BCUT2D eigenvalue weighted by molar-refractivity contribution is -0.153. The Kier molecular flexibility index (Phi) is 3.17. The number of ether oxygens (including phenoxy) is 1. The number of para-hydroxylation sites is 1. The number of aromatic nitrogens is 1. The van der Waals surface area contributed by atoms with Crippen molar-refractivity contribution in [2.24, 2.45) is 5.92 Å². The van der Waals surface area contributed by atoms with Gasteiger partial charge in [-0.3, -0.25) is 9.69 Å². The van der Waals surface area contributed by atoms with E-state index in [4.69, 9.17) is 4.74 Å². The first-order valence-corrected chi connectivity index (χ1v) is 9.32. The van der Waals surface area contributed by atoms with Crippen molar-refractivity contribution in [2.45, 2.75) is 37.6 Å². The molecule has 1 aromatic heterocycles. The molecule has 1 aromatic carbocycles. The Labute approximate surface area is 147 Å². The molecule has 0 amide bonds. The zero-order chi connectivity index (χ0) is 17.2. The number of carbonyl (C=O) groups is 1. The van der Waals surface area contributed by atoms with Crippen LogP contribution in [0.25, 0.3) is 10.9 Å². The smallest absolute Gasteiger partial charge is 0.319 e. The number of methoxy groups -OCH3 is 1. The highest BCUT2D eigenvalue weighted by atomic mass is 16.5. The maximum atomic E-state index is 13.2. The van der Waals surface area contributed by atoms with Gasteiger partial charge in [0, 0.05) is 29.7 Å². The third-order valence-electron chi connectivity index (χ3n) is 6.55. The van der Waals surface area contributed by atoms with Crippen LogP contribution < -0.4 is 0 Å². The van der Waals surface area contributed by atoms with Crippen LogP contribution in [0.2, 0.25) is 0 Å². The molecule has 1 saturated heterocycles. The van der Waals surface area contributed by atoms with Gasteiger partial charge >= 0.3 is 5.97 Å². The number of carbonyl (C=O) groups excluding carboxylic acids is 1. The Morgan fingerprint density at radius 2 is 2.24 bits per heavy atom. The number of aromatic amines is 1. The van der Waals surface area contributed by atoms with Gasteiger partial charge in [-0.05, 0) is 36.8 Å². The van der Waals surface area contributed by atoms with Gasteiger partial charge in [-0.25, -0.2) is 0 Å². The molecule has 4 heterocycles. The average Bonchev–Trinajstić information content (AvgIpc) is 3.00. The first kappa shape index (κ1) is 15.2. The van der Waals surface area contributed by atoms with Gasteiger partial charge in [-0.15, -0.1) is 0 Å². The summed E-state index contributed by atoms with van der Waals surface area (Å²) in [5, 5.41) is 1.26. The molecule has 2 aromatic rings. The minimum absolute atomic E-state index is 0.0824. The molecule has 4 atom stereocenters. The molecule has 4 bridgehead atoms. The summed E-state index contributed by atoms with van der Waals surface area (Å²) in [6.45, 7) is 4.28. The molecule has 1 N–H and O–H groups in total. The summed E-state index contributed by atoms with van der Waals surface area (Å²) in [6.07, 6.45) is 5.25. The molecule has 1 aliphatic carbocycles. The predicted molar refractivity (Wildman–Crippen MR) is 97.5 cm³/mol. The second-order valence-electron chi connectivity index (χ2n) is 7.69. The summed E-state index contributed by atoms with van der Waals surface area (Å²) in [5.74, 6) is 0.345. The maximum absolute atomic E-state index is 13.2. The number of hydrogen-bond acceptors (Lipinski definition) is 3. The second-order valence-corrected chi connectivity index (χ2v) is 7.69. The lowest BCUT2D eigenvalue weighted by atomic mass is 9.60. The van der Waals surface area contributed by atoms with Gasteiger partial charge < -0.3 is 9.72 Å². The quantitative estimate of drug-likeness (QED) is 0.677. The molecule has 4 nitrogen and oxygen atoms in total. The Bertz CT molecular complexity index is 896. The van der Waals surface area contributed by atoms with Crippen LogP contribution in [0.5, 0.6) is 0 Å². The molecule has 130 valence electrons. The van der Waals surface area contributed by atoms with Gasteiger partial charge in [0.15, 0.2) is 0 Å². The second kappa shape index (κ2) is 5.21. The van der Waals surface area contributed by atoms with Gasteiger partial charge in [0.1, 0.15) is 5.41 Å². The van der Waals surface area contributed by atoms with E-state index in [2.05, 4.69) is 47.1 Å². The van der Waals surface area contributed by atoms with E-state index in [9.17, 15) is 4.79 Å². The van der Waals surface area contributed by atoms with Gasteiger partial charge in [0.05, 0.1) is 13.2 Å². The SMILES string of the molecule is CCC1=C[C@H]2C[N@]3CCc4c([nH]c5ccccc45)[C@](C(=O)OC)(C2)[C@H]13. The third kappa shape index (κ3) is 1.83. The molecular formula is C21H24N2O2. The highest BCUT2D eigenvalue weighted by molar-refractivity contribution is 5.92. The van der Waals surface area contributed by atoms with Crippen molar-refractivity contribution >= 4 is 16.9 Å². The van der Waals surface area contributed by atoms with Gasteiger partial charge in [0.25, 0.3) is 0 Å². The Morgan fingerprint density at radius 3 is 3.04 bits per heavy atom. The largest absolute Gasteiger partial charge is 0.468 e. The van der Waals surface area contributed by atoms with E-state index >= 15 is 0 Å². The number of fused-ring (bicyclic) bond motifs is 3. The fraction of sp³-hybridized carbons (Fsp3) is 0.476. The van der Waals surface area contributed by atoms with E-state index in [1.807, 2.05) is 0 Å². The molecule has 0 spiro atoms. The van der Waals surface area contributed by atoms with E-state index in [0.717, 1.165) is 43.6 Å². The zero-order valence-corrected chi connectivity index (χ0v) is 14.8. The lowest BCUT2D eigenvalue weighted by Crippen LogP contribution is -2.63. The standard InChI is InChI=1S/C21H24N2O2/c1-3-14-10-13-11-21(20(24)25-2)18-16(8-9-23(12-13)19(14)21)15-6-4-5-7-17(15)22-18/h4-7,10,13,19,22H,3,8-9,11-12H2,1-2H3/t13-,19+,21-/m1/s1. The number of hydrogen-bond donors (Lipinski definition) is 1. The van der Waals surface area contributed by atoms with Crippen molar-refractivity contribution < 1.29 is 9.53 Å². The first-order chi connectivity index (χ1) is 12.2. The summed E-state index contributed by atoms with van der Waals surface area (Å²) < 4.78 is 5.41. The van der Waals surface area contributed by atoms with E-state index in [1.54, 1.807) is 0 Å². The zero-order valence-electron chi connectivity index (χ0n) is 14.8. The van der Waals surface area contributed by atoms with E-state index in [0.29, 0.717) is 5.92 Å². The van der Waals surface area contributed by atoms with Crippen LogP contribution in [0.3, 0.4) is 0 Å². The lowest BCUT2D eigenvalue weighted by Gasteiger charge is -2.53. The van der Waals surface area contributed by atoms with Crippen molar-refractivity contribution in [1.82, 2.24) is 9.88 Å². The fourth-order valence-electron chi connectivity index (χ4n) is 5.71. The van der Waals surface area contributed by atoms with Gasteiger partial charge in [-0.2, -0.15) is 0 Å². The van der Waals surface area contributed by atoms with Crippen molar-refractivity contribution in [2.75, 3.05) is 20.2 Å². The Morgan fingerprint density at radius 1 is 1.40 bits per heavy atom. The third-order valence-corrected chi connectivity index (χ3v) is 6.55. The molecule has 4 aliphatic rings. The van der Waals surface area contributed by atoms with Crippen molar-refractivity contribution in [3.63, 3.8) is 0 Å². The number of benzene rings is 1. The van der Waals surface area contributed by atoms with Crippen molar-refractivity contribution in [1.29, 1.82) is 0 Å². The molecule has 0 radical (unpaired) electrons. The minimum Gasteiger partial charge on any atom is -0.468 e. The molecule has 6 rings (SSSR count). The number of piperidine rings is 1. The Balaban J connectivity index is 1.83. The molecule has 25 heavy (non-hydrogen) atoms. The van der Waals surface area contributed by atoms with Crippen molar-refractivity contribution in [3.05, 3.63) is 47.2 Å². The van der Waals surface area contributed by atoms with Crippen LogP contribution in [-0.4, -0.2) is 42.1 Å². The highest BCUT2D eigenvalue weighted by Gasteiger charge is 2.60. The van der Waals surface area contributed by atoms with E-state index < -0.39 is 5.41 Å². The molecule has 1 fully saturated rings. The molecule has 0 saturated carbocycles. The fourth-order valence-corrected chi connectivity index (χ4v) is 5.71. The highest BCUT2D eigenvalue weighted by Crippen LogP contribution is 2.52. The summed E-state index contributed by atoms with van der Waals surface area (Å²) >= 11 is 0. The first-order valence-electron chi connectivity index (χ1n) is 9.32. The van der Waals surface area contributed by atoms with E-state index in [-0.39, 0.29) is 12.0 Å². The van der Waals surface area contributed by atoms with Gasteiger partial charge in [0.2, 0.25) is 0 Å². The van der Waals surface area contributed by atoms with Crippen LogP contribution in [0, 0.1) is 5.92 Å². The topological polar surface area (TPSA) is 45.3 Å². The summed E-state index contributed by atoms with van der Waals surface area (Å²) in [7, 11) is 1.53. The van der Waals surface area contributed by atoms with Gasteiger partial charge in [-0.1, -0.05) is 36.8 Å². The van der Waals surface area contributed by atoms with Crippen LogP contribution in [0.1, 0.15) is 31.0 Å². The average molecular weight is 336 g/mol. The van der Waals surface area contributed by atoms with E-state index in [1.165, 1.54) is 23.6 Å². The van der Waals surface area contributed by atoms with Crippen LogP contribution in [0.4, 0.5) is 0 Å². The number of rotatable bonds is 2. The molecule has 3 aliphatic heterocycles.